The molecule has 1 aliphatic heterocycles. The summed E-state index contributed by atoms with van der Waals surface area (Å²) in [5.74, 6) is 0.201. The number of hydrogen-bond donors (Lipinski definition) is 0. The Labute approximate surface area is 129 Å². The van der Waals surface area contributed by atoms with Crippen LogP contribution in [0.3, 0.4) is 0 Å². The summed E-state index contributed by atoms with van der Waals surface area (Å²) in [4.78, 5) is 18.5. The van der Waals surface area contributed by atoms with Crippen molar-refractivity contribution in [3.8, 4) is 0 Å². The third kappa shape index (κ3) is 3.24. The van der Waals surface area contributed by atoms with E-state index in [-0.39, 0.29) is 11.9 Å². The Bertz CT molecular complexity index is 612. The van der Waals surface area contributed by atoms with Gasteiger partial charge in [0.1, 0.15) is 0 Å². The normalized spacial score (nSPS) is 17.4. The summed E-state index contributed by atoms with van der Waals surface area (Å²) in [7, 11) is 0. The molecule has 0 N–H and O–H groups in total. The minimum Gasteiger partial charge on any atom is -0.335 e. The van der Waals surface area contributed by atoms with E-state index in [2.05, 4.69) is 4.98 Å². The summed E-state index contributed by atoms with van der Waals surface area (Å²) in [6.45, 7) is 0.842. The zero-order chi connectivity index (χ0) is 14.7. The lowest BCUT2D eigenvalue weighted by atomic mass is 9.94. The molecule has 0 bridgehead atoms. The van der Waals surface area contributed by atoms with Gasteiger partial charge < -0.3 is 4.90 Å². The molecule has 1 amide bonds. The molecule has 4 heteroatoms. The van der Waals surface area contributed by atoms with Crippen LogP contribution < -0.4 is 0 Å². The molecule has 0 saturated carbocycles. The van der Waals surface area contributed by atoms with Crippen molar-refractivity contribution < 1.29 is 4.79 Å². The highest BCUT2D eigenvalue weighted by Gasteiger charge is 2.32. The van der Waals surface area contributed by atoms with Crippen molar-refractivity contribution in [2.45, 2.75) is 25.3 Å². The van der Waals surface area contributed by atoms with Crippen molar-refractivity contribution >= 4 is 17.5 Å². The molecular weight excluding hydrogens is 284 g/mol. The van der Waals surface area contributed by atoms with Crippen LogP contribution in [0.4, 0.5) is 0 Å². The number of rotatable bonds is 4. The van der Waals surface area contributed by atoms with Crippen LogP contribution in [0, 0.1) is 0 Å². The molecule has 1 unspecified atom stereocenters. The molecule has 3 rings (SSSR count). The molecule has 1 aliphatic rings. The van der Waals surface area contributed by atoms with Gasteiger partial charge in [-0.15, -0.1) is 0 Å². The first-order chi connectivity index (χ1) is 10.2. The second-order valence-electron chi connectivity index (χ2n) is 5.26. The van der Waals surface area contributed by atoms with Gasteiger partial charge in [-0.2, -0.15) is 0 Å². The SMILES string of the molecule is O=C(CCc1ccccn1)N1CCC1c1ccc(Cl)cc1. The zero-order valence-corrected chi connectivity index (χ0v) is 12.5. The molecule has 21 heavy (non-hydrogen) atoms. The fraction of sp³-hybridized carbons (Fsp3) is 0.294. The minimum atomic E-state index is 0.201. The molecule has 3 nitrogen and oxygen atoms in total. The van der Waals surface area contributed by atoms with Gasteiger partial charge in [0.2, 0.25) is 5.91 Å². The average Bonchev–Trinajstić information content (AvgIpc) is 2.47. The summed E-state index contributed by atoms with van der Waals surface area (Å²) >= 11 is 5.91. The van der Waals surface area contributed by atoms with Crippen LogP contribution >= 0.6 is 11.6 Å². The summed E-state index contributed by atoms with van der Waals surface area (Å²) < 4.78 is 0. The third-order valence-corrected chi connectivity index (χ3v) is 4.17. The van der Waals surface area contributed by atoms with Crippen molar-refractivity contribution in [2.24, 2.45) is 0 Å². The molecule has 0 radical (unpaired) electrons. The highest BCUT2D eigenvalue weighted by atomic mass is 35.5. The van der Waals surface area contributed by atoms with E-state index >= 15 is 0 Å². The Kier molecular flexibility index (Phi) is 4.20. The van der Waals surface area contributed by atoms with Crippen molar-refractivity contribution in [3.63, 3.8) is 0 Å². The fourth-order valence-corrected chi connectivity index (χ4v) is 2.77. The lowest BCUT2D eigenvalue weighted by Gasteiger charge is -2.41. The lowest BCUT2D eigenvalue weighted by Crippen LogP contribution is -2.45. The number of hydrogen-bond acceptors (Lipinski definition) is 2. The first-order valence-corrected chi connectivity index (χ1v) is 7.56. The molecule has 1 atom stereocenters. The number of amides is 1. The van der Waals surface area contributed by atoms with Gasteiger partial charge in [0, 0.05) is 29.9 Å². The fourth-order valence-electron chi connectivity index (χ4n) is 2.64. The smallest absolute Gasteiger partial charge is 0.223 e. The quantitative estimate of drug-likeness (QED) is 0.863. The van der Waals surface area contributed by atoms with Crippen molar-refractivity contribution in [1.29, 1.82) is 0 Å². The van der Waals surface area contributed by atoms with E-state index in [1.807, 2.05) is 47.4 Å². The monoisotopic (exact) mass is 300 g/mol. The van der Waals surface area contributed by atoms with Crippen LogP contribution in [0.5, 0.6) is 0 Å². The number of likely N-dealkylation sites (tertiary alicyclic amines) is 1. The van der Waals surface area contributed by atoms with Crippen LogP contribution in [0.1, 0.15) is 30.1 Å². The topological polar surface area (TPSA) is 33.2 Å². The van der Waals surface area contributed by atoms with Crippen molar-refractivity contribution in [1.82, 2.24) is 9.88 Å². The molecule has 1 saturated heterocycles. The lowest BCUT2D eigenvalue weighted by molar-refractivity contribution is -0.139. The van der Waals surface area contributed by atoms with Gasteiger partial charge in [-0.3, -0.25) is 9.78 Å². The number of halogens is 1. The van der Waals surface area contributed by atoms with Crippen LogP contribution in [0.2, 0.25) is 5.02 Å². The largest absolute Gasteiger partial charge is 0.335 e. The van der Waals surface area contributed by atoms with Crippen LogP contribution in [-0.2, 0) is 11.2 Å². The average molecular weight is 301 g/mol. The highest BCUT2D eigenvalue weighted by Crippen LogP contribution is 2.34. The van der Waals surface area contributed by atoms with Crippen LogP contribution in [0.15, 0.2) is 48.7 Å². The van der Waals surface area contributed by atoms with Gasteiger partial charge in [0.25, 0.3) is 0 Å². The van der Waals surface area contributed by atoms with Gasteiger partial charge in [-0.25, -0.2) is 0 Å². The zero-order valence-electron chi connectivity index (χ0n) is 11.7. The summed E-state index contributed by atoms with van der Waals surface area (Å²) in [5.41, 5.74) is 2.13. The Hall–Kier alpha value is -1.87. The first-order valence-electron chi connectivity index (χ1n) is 7.19. The van der Waals surface area contributed by atoms with Gasteiger partial charge >= 0.3 is 0 Å². The minimum absolute atomic E-state index is 0.201. The second-order valence-corrected chi connectivity index (χ2v) is 5.70. The van der Waals surface area contributed by atoms with Crippen LogP contribution in [0.25, 0.3) is 0 Å². The molecule has 1 fully saturated rings. The number of pyridine rings is 1. The maximum absolute atomic E-state index is 12.3. The van der Waals surface area contributed by atoms with E-state index in [0.29, 0.717) is 12.8 Å². The van der Waals surface area contributed by atoms with E-state index in [4.69, 9.17) is 11.6 Å². The number of nitrogens with zero attached hydrogens (tertiary/aromatic N) is 2. The molecule has 1 aromatic carbocycles. The number of aryl methyl sites for hydroxylation is 1. The number of benzene rings is 1. The standard InChI is InChI=1S/C17H17ClN2O/c18-14-6-4-13(5-7-14)16-10-12-20(16)17(21)9-8-15-3-1-2-11-19-15/h1-7,11,16H,8-10,12H2. The van der Waals surface area contributed by atoms with Gasteiger partial charge in [0.15, 0.2) is 0 Å². The van der Waals surface area contributed by atoms with E-state index < -0.39 is 0 Å². The Morgan fingerprint density at radius 2 is 2.05 bits per heavy atom. The molecule has 2 aromatic rings. The van der Waals surface area contributed by atoms with Crippen LogP contribution in [-0.4, -0.2) is 22.3 Å². The Balaban J connectivity index is 1.59. The molecule has 2 heterocycles. The third-order valence-electron chi connectivity index (χ3n) is 3.92. The molecule has 108 valence electrons. The highest BCUT2D eigenvalue weighted by molar-refractivity contribution is 6.30. The second kappa shape index (κ2) is 6.27. The van der Waals surface area contributed by atoms with Gasteiger partial charge in [-0.05, 0) is 42.7 Å². The van der Waals surface area contributed by atoms with E-state index in [1.165, 1.54) is 0 Å². The number of carbonyl (C=O) groups excluding carboxylic acids is 1. The summed E-state index contributed by atoms with van der Waals surface area (Å²) in [6.07, 6.45) is 4.00. The van der Waals surface area contributed by atoms with E-state index in [1.54, 1.807) is 6.20 Å². The van der Waals surface area contributed by atoms with E-state index in [9.17, 15) is 4.79 Å². The number of aromatic nitrogens is 1. The summed E-state index contributed by atoms with van der Waals surface area (Å²) in [6, 6.07) is 13.8. The molecular formula is C17H17ClN2O. The van der Waals surface area contributed by atoms with Gasteiger partial charge in [0.05, 0.1) is 6.04 Å². The maximum Gasteiger partial charge on any atom is 0.223 e. The molecule has 0 aliphatic carbocycles. The predicted molar refractivity (Wildman–Crippen MR) is 83.1 cm³/mol. The Morgan fingerprint density at radius 1 is 1.24 bits per heavy atom. The summed E-state index contributed by atoms with van der Waals surface area (Å²) in [5, 5.41) is 0.728. The van der Waals surface area contributed by atoms with Crippen molar-refractivity contribution in [3.05, 3.63) is 64.9 Å². The predicted octanol–water partition coefficient (Wildman–Crippen LogP) is 3.64. The molecule has 1 aromatic heterocycles. The molecule has 0 spiro atoms. The number of carbonyl (C=O) groups is 1. The Morgan fingerprint density at radius 3 is 2.67 bits per heavy atom. The van der Waals surface area contributed by atoms with Gasteiger partial charge in [-0.1, -0.05) is 29.8 Å². The van der Waals surface area contributed by atoms with Crippen molar-refractivity contribution in [2.75, 3.05) is 6.54 Å². The maximum atomic E-state index is 12.3. The first kappa shape index (κ1) is 14.1. The van der Waals surface area contributed by atoms with E-state index in [0.717, 1.165) is 29.2 Å².